The first-order valence-corrected chi connectivity index (χ1v) is 6.12. The van der Waals surface area contributed by atoms with Gasteiger partial charge in [0, 0.05) is 31.7 Å². The predicted molar refractivity (Wildman–Crippen MR) is 70.9 cm³/mol. The van der Waals surface area contributed by atoms with Gasteiger partial charge in [-0.1, -0.05) is 6.07 Å². The molecule has 1 fully saturated rings. The van der Waals surface area contributed by atoms with Gasteiger partial charge < -0.3 is 20.7 Å². The highest BCUT2D eigenvalue weighted by atomic mass is 16.5. The molecule has 1 saturated heterocycles. The van der Waals surface area contributed by atoms with E-state index in [0.29, 0.717) is 43.1 Å². The van der Waals surface area contributed by atoms with Crippen molar-refractivity contribution < 1.29 is 14.3 Å². The molecule has 0 atom stereocenters. The fraction of sp³-hybridized carbons (Fsp3) is 0.385. The molecule has 0 unspecified atom stereocenters. The van der Waals surface area contributed by atoms with Crippen LogP contribution in [-0.4, -0.2) is 43.5 Å². The fourth-order valence-electron chi connectivity index (χ4n) is 2.08. The van der Waals surface area contributed by atoms with E-state index in [4.69, 9.17) is 10.5 Å². The number of methoxy groups -OCH3 is 1. The van der Waals surface area contributed by atoms with Crippen molar-refractivity contribution in [3.8, 4) is 5.75 Å². The molecule has 0 aromatic heterocycles. The predicted octanol–water partition coefficient (Wildman–Crippen LogP) is 0.239. The molecular weight excluding hydrogens is 246 g/mol. The number of nitrogens with one attached hydrogen (secondary N) is 1. The Morgan fingerprint density at radius 2 is 2.21 bits per heavy atom. The quantitative estimate of drug-likeness (QED) is 0.749. The maximum absolute atomic E-state index is 12.5. The highest BCUT2D eigenvalue weighted by Gasteiger charge is 2.24. The fourth-order valence-corrected chi connectivity index (χ4v) is 2.08. The largest absolute Gasteiger partial charge is 0.496 e. The van der Waals surface area contributed by atoms with Gasteiger partial charge in [0.05, 0.1) is 7.11 Å². The second-order valence-electron chi connectivity index (χ2n) is 4.32. The first-order valence-electron chi connectivity index (χ1n) is 6.12. The zero-order valence-corrected chi connectivity index (χ0v) is 10.8. The smallest absolute Gasteiger partial charge is 0.259 e. The third-order valence-electron chi connectivity index (χ3n) is 3.09. The number of hydrogen-bond acceptors (Lipinski definition) is 4. The lowest BCUT2D eigenvalue weighted by Crippen LogP contribution is -2.34. The summed E-state index contributed by atoms with van der Waals surface area (Å²) in [5.74, 6) is 0.211. The number of carbonyl (C=O) groups excluding carboxylic acids is 2. The minimum absolute atomic E-state index is 0.0386. The van der Waals surface area contributed by atoms with E-state index >= 15 is 0 Å². The lowest BCUT2D eigenvalue weighted by molar-refractivity contribution is -0.120. The average Bonchev–Trinajstić information content (AvgIpc) is 2.62. The Morgan fingerprint density at radius 3 is 2.95 bits per heavy atom. The van der Waals surface area contributed by atoms with Gasteiger partial charge in [0.25, 0.3) is 5.91 Å². The average molecular weight is 263 g/mol. The van der Waals surface area contributed by atoms with E-state index in [1.54, 1.807) is 23.1 Å². The Balaban J connectivity index is 2.26. The van der Waals surface area contributed by atoms with Crippen LogP contribution in [0.5, 0.6) is 5.75 Å². The van der Waals surface area contributed by atoms with Gasteiger partial charge in [0.15, 0.2) is 0 Å². The summed E-state index contributed by atoms with van der Waals surface area (Å²) in [6.45, 7) is 1.32. The Labute approximate surface area is 111 Å². The Bertz CT molecular complexity index is 502. The summed E-state index contributed by atoms with van der Waals surface area (Å²) < 4.78 is 5.18. The van der Waals surface area contributed by atoms with E-state index in [1.165, 1.54) is 7.11 Å². The molecule has 1 aromatic carbocycles. The maximum atomic E-state index is 12.5. The van der Waals surface area contributed by atoms with Crippen molar-refractivity contribution in [3.63, 3.8) is 0 Å². The molecule has 102 valence electrons. The standard InChI is InChI=1S/C13H17N3O3/c1-19-10-4-2-3-9(14)12(10)13(18)16-7-5-11(17)15-6-8-16/h2-4H,5-8,14H2,1H3,(H,15,17). The molecule has 1 heterocycles. The molecule has 3 N–H and O–H groups in total. The van der Waals surface area contributed by atoms with Gasteiger partial charge >= 0.3 is 0 Å². The number of amides is 2. The van der Waals surface area contributed by atoms with Crippen molar-refractivity contribution in [2.75, 3.05) is 32.5 Å². The van der Waals surface area contributed by atoms with Gasteiger partial charge in [-0.2, -0.15) is 0 Å². The van der Waals surface area contributed by atoms with Crippen LogP contribution in [-0.2, 0) is 4.79 Å². The topological polar surface area (TPSA) is 84.7 Å². The van der Waals surface area contributed by atoms with Crippen molar-refractivity contribution in [1.82, 2.24) is 10.2 Å². The molecule has 1 aliphatic heterocycles. The molecule has 0 spiro atoms. The van der Waals surface area contributed by atoms with Crippen LogP contribution < -0.4 is 15.8 Å². The second kappa shape index (κ2) is 5.60. The van der Waals surface area contributed by atoms with Gasteiger partial charge in [-0.25, -0.2) is 0 Å². The normalized spacial score (nSPS) is 15.6. The Hall–Kier alpha value is -2.24. The highest BCUT2D eigenvalue weighted by Crippen LogP contribution is 2.25. The van der Waals surface area contributed by atoms with Gasteiger partial charge in [0.2, 0.25) is 5.91 Å². The highest BCUT2D eigenvalue weighted by molar-refractivity contribution is 6.02. The van der Waals surface area contributed by atoms with E-state index in [0.717, 1.165) is 0 Å². The SMILES string of the molecule is COc1cccc(N)c1C(=O)N1CCNC(=O)CC1. The van der Waals surface area contributed by atoms with E-state index in [1.807, 2.05) is 0 Å². The third kappa shape index (κ3) is 2.78. The number of ether oxygens (including phenoxy) is 1. The minimum Gasteiger partial charge on any atom is -0.496 e. The van der Waals surface area contributed by atoms with Crippen LogP contribution in [0.1, 0.15) is 16.8 Å². The minimum atomic E-state index is -0.202. The summed E-state index contributed by atoms with van der Waals surface area (Å²) in [6.07, 6.45) is 0.306. The van der Waals surface area contributed by atoms with Crippen molar-refractivity contribution >= 4 is 17.5 Å². The molecule has 19 heavy (non-hydrogen) atoms. The van der Waals surface area contributed by atoms with Crippen LogP contribution in [0.15, 0.2) is 18.2 Å². The van der Waals surface area contributed by atoms with Crippen molar-refractivity contribution in [1.29, 1.82) is 0 Å². The van der Waals surface area contributed by atoms with E-state index in [9.17, 15) is 9.59 Å². The Morgan fingerprint density at radius 1 is 1.42 bits per heavy atom. The Kier molecular flexibility index (Phi) is 3.89. The second-order valence-corrected chi connectivity index (χ2v) is 4.32. The first kappa shape index (κ1) is 13.2. The molecule has 1 aromatic rings. The van der Waals surface area contributed by atoms with Crippen LogP contribution in [0.2, 0.25) is 0 Å². The van der Waals surface area contributed by atoms with Crippen LogP contribution in [0, 0.1) is 0 Å². The summed E-state index contributed by atoms with van der Waals surface area (Å²) in [5, 5.41) is 2.73. The summed E-state index contributed by atoms with van der Waals surface area (Å²) in [5.41, 5.74) is 6.60. The van der Waals surface area contributed by atoms with Crippen LogP contribution in [0.3, 0.4) is 0 Å². The lowest BCUT2D eigenvalue weighted by Gasteiger charge is -2.21. The molecule has 6 heteroatoms. The van der Waals surface area contributed by atoms with Crippen molar-refractivity contribution in [3.05, 3.63) is 23.8 Å². The summed E-state index contributed by atoms with van der Waals surface area (Å²) >= 11 is 0. The molecule has 2 amide bonds. The number of anilines is 1. The molecule has 0 bridgehead atoms. The number of carbonyl (C=O) groups is 2. The maximum Gasteiger partial charge on any atom is 0.259 e. The van der Waals surface area contributed by atoms with Gasteiger partial charge in [-0.15, -0.1) is 0 Å². The van der Waals surface area contributed by atoms with Gasteiger partial charge in [0.1, 0.15) is 11.3 Å². The number of hydrogen-bond donors (Lipinski definition) is 2. The van der Waals surface area contributed by atoms with E-state index in [2.05, 4.69) is 5.32 Å². The molecule has 6 nitrogen and oxygen atoms in total. The van der Waals surface area contributed by atoms with E-state index < -0.39 is 0 Å². The summed E-state index contributed by atoms with van der Waals surface area (Å²) in [6, 6.07) is 5.10. The molecule has 1 aliphatic rings. The monoisotopic (exact) mass is 263 g/mol. The number of nitrogen functional groups attached to an aromatic ring is 1. The number of nitrogens with two attached hydrogens (primary N) is 1. The van der Waals surface area contributed by atoms with Gasteiger partial charge in [-0.05, 0) is 12.1 Å². The number of benzene rings is 1. The zero-order chi connectivity index (χ0) is 13.8. The molecule has 2 rings (SSSR count). The molecular formula is C13H17N3O3. The lowest BCUT2D eigenvalue weighted by atomic mass is 10.1. The first-order chi connectivity index (χ1) is 9.13. The number of rotatable bonds is 2. The molecule has 0 saturated carbocycles. The van der Waals surface area contributed by atoms with Crippen LogP contribution >= 0.6 is 0 Å². The van der Waals surface area contributed by atoms with Crippen LogP contribution in [0.4, 0.5) is 5.69 Å². The summed E-state index contributed by atoms with van der Waals surface area (Å²) in [7, 11) is 1.50. The van der Waals surface area contributed by atoms with E-state index in [-0.39, 0.29) is 11.8 Å². The third-order valence-corrected chi connectivity index (χ3v) is 3.09. The summed E-state index contributed by atoms with van der Waals surface area (Å²) in [4.78, 5) is 25.4. The van der Waals surface area contributed by atoms with Crippen molar-refractivity contribution in [2.45, 2.75) is 6.42 Å². The van der Waals surface area contributed by atoms with Crippen LogP contribution in [0.25, 0.3) is 0 Å². The molecule has 0 aliphatic carbocycles. The van der Waals surface area contributed by atoms with Gasteiger partial charge in [-0.3, -0.25) is 9.59 Å². The van der Waals surface area contributed by atoms with Crippen molar-refractivity contribution in [2.24, 2.45) is 0 Å². The zero-order valence-electron chi connectivity index (χ0n) is 10.8. The number of nitrogens with zero attached hydrogens (tertiary/aromatic N) is 1. The molecule has 0 radical (unpaired) electrons.